The Balaban J connectivity index is 2.92. The third kappa shape index (κ3) is 3.45. The second kappa shape index (κ2) is 6.24. The van der Waals surface area contributed by atoms with Crippen molar-refractivity contribution >= 4 is 16.9 Å². The van der Waals surface area contributed by atoms with Gasteiger partial charge in [0.15, 0.2) is 16.7 Å². The van der Waals surface area contributed by atoms with Gasteiger partial charge in [-0.05, 0) is 30.2 Å². The first-order chi connectivity index (χ1) is 8.12. The molecule has 4 N–H and O–H groups in total. The molecule has 1 aromatic rings. The SMILES string of the molecule is COc1cc(C)c(CSC(N)=NN)cc1OC. The highest BCUT2D eigenvalue weighted by Crippen LogP contribution is 2.31. The molecule has 0 aliphatic carbocycles. The molecule has 0 saturated heterocycles. The number of hydrogen-bond acceptors (Lipinski definition) is 5. The molecule has 94 valence electrons. The van der Waals surface area contributed by atoms with Crippen LogP contribution in [0, 0.1) is 6.92 Å². The first kappa shape index (κ1) is 13.5. The van der Waals surface area contributed by atoms with Crippen LogP contribution in [-0.4, -0.2) is 19.4 Å². The Morgan fingerprint density at radius 2 is 1.88 bits per heavy atom. The molecule has 6 heteroatoms. The average Bonchev–Trinajstić information content (AvgIpc) is 2.36. The van der Waals surface area contributed by atoms with E-state index in [4.69, 9.17) is 21.1 Å². The minimum Gasteiger partial charge on any atom is -0.493 e. The van der Waals surface area contributed by atoms with Gasteiger partial charge in [0.2, 0.25) is 0 Å². The monoisotopic (exact) mass is 255 g/mol. The van der Waals surface area contributed by atoms with Crippen molar-refractivity contribution in [2.75, 3.05) is 14.2 Å². The zero-order valence-corrected chi connectivity index (χ0v) is 11.0. The molecule has 0 heterocycles. The van der Waals surface area contributed by atoms with Crippen molar-refractivity contribution in [3.05, 3.63) is 23.3 Å². The predicted molar refractivity (Wildman–Crippen MR) is 71.4 cm³/mol. The van der Waals surface area contributed by atoms with Gasteiger partial charge in [-0.25, -0.2) is 0 Å². The van der Waals surface area contributed by atoms with Gasteiger partial charge in [-0.2, -0.15) is 5.10 Å². The number of benzene rings is 1. The zero-order chi connectivity index (χ0) is 12.8. The van der Waals surface area contributed by atoms with E-state index in [0.29, 0.717) is 16.7 Å². The lowest BCUT2D eigenvalue weighted by atomic mass is 10.1. The highest BCUT2D eigenvalue weighted by atomic mass is 32.2. The second-order valence-corrected chi connectivity index (χ2v) is 4.39. The number of thioether (sulfide) groups is 1. The molecule has 0 saturated carbocycles. The topological polar surface area (TPSA) is 82.9 Å². The van der Waals surface area contributed by atoms with Crippen LogP contribution < -0.4 is 21.1 Å². The van der Waals surface area contributed by atoms with E-state index in [9.17, 15) is 0 Å². The zero-order valence-electron chi connectivity index (χ0n) is 10.2. The van der Waals surface area contributed by atoms with Crippen molar-refractivity contribution in [3.8, 4) is 11.5 Å². The number of nitrogens with zero attached hydrogens (tertiary/aromatic N) is 1. The summed E-state index contributed by atoms with van der Waals surface area (Å²) >= 11 is 1.38. The average molecular weight is 255 g/mol. The van der Waals surface area contributed by atoms with Crippen LogP contribution in [0.5, 0.6) is 11.5 Å². The quantitative estimate of drug-likeness (QED) is 0.368. The fourth-order valence-electron chi connectivity index (χ4n) is 1.37. The number of methoxy groups -OCH3 is 2. The van der Waals surface area contributed by atoms with Gasteiger partial charge in [-0.3, -0.25) is 0 Å². The van der Waals surface area contributed by atoms with Gasteiger partial charge < -0.3 is 21.1 Å². The number of amidine groups is 1. The Labute approximate surface area is 105 Å². The molecule has 0 aliphatic heterocycles. The summed E-state index contributed by atoms with van der Waals surface area (Å²) in [6.45, 7) is 2.01. The van der Waals surface area contributed by atoms with Crippen LogP contribution in [0.25, 0.3) is 0 Å². The van der Waals surface area contributed by atoms with E-state index in [1.54, 1.807) is 14.2 Å². The highest BCUT2D eigenvalue weighted by molar-refractivity contribution is 8.13. The van der Waals surface area contributed by atoms with E-state index in [0.717, 1.165) is 16.9 Å². The van der Waals surface area contributed by atoms with Crippen molar-refractivity contribution in [3.63, 3.8) is 0 Å². The smallest absolute Gasteiger partial charge is 0.177 e. The van der Waals surface area contributed by atoms with Crippen LogP contribution in [0.2, 0.25) is 0 Å². The molecule has 0 aromatic heterocycles. The highest BCUT2D eigenvalue weighted by Gasteiger charge is 2.09. The maximum Gasteiger partial charge on any atom is 0.177 e. The largest absolute Gasteiger partial charge is 0.493 e. The van der Waals surface area contributed by atoms with Crippen LogP contribution in [-0.2, 0) is 5.75 Å². The third-order valence-electron chi connectivity index (χ3n) is 2.34. The van der Waals surface area contributed by atoms with E-state index in [1.165, 1.54) is 11.8 Å². The molecule has 5 nitrogen and oxygen atoms in total. The van der Waals surface area contributed by atoms with Crippen molar-refractivity contribution in [1.82, 2.24) is 0 Å². The van der Waals surface area contributed by atoms with Crippen molar-refractivity contribution in [2.24, 2.45) is 16.7 Å². The van der Waals surface area contributed by atoms with Crippen LogP contribution in [0.1, 0.15) is 11.1 Å². The van der Waals surface area contributed by atoms with E-state index < -0.39 is 0 Å². The molecule has 0 unspecified atom stereocenters. The van der Waals surface area contributed by atoms with Crippen molar-refractivity contribution in [1.29, 1.82) is 0 Å². The summed E-state index contributed by atoms with van der Waals surface area (Å²) in [6, 6.07) is 3.87. The summed E-state index contributed by atoms with van der Waals surface area (Å²) in [5.74, 6) is 7.19. The van der Waals surface area contributed by atoms with Crippen LogP contribution in [0.15, 0.2) is 17.2 Å². The molecule has 0 aliphatic rings. The fourth-order valence-corrected chi connectivity index (χ4v) is 2.06. The van der Waals surface area contributed by atoms with Gasteiger partial charge in [-0.1, -0.05) is 11.8 Å². The summed E-state index contributed by atoms with van der Waals surface area (Å²) in [5.41, 5.74) is 7.75. The van der Waals surface area contributed by atoms with Gasteiger partial charge in [0.1, 0.15) is 0 Å². The first-order valence-electron chi connectivity index (χ1n) is 5.00. The van der Waals surface area contributed by atoms with Gasteiger partial charge in [0.25, 0.3) is 0 Å². The minimum absolute atomic E-state index is 0.360. The number of rotatable bonds is 4. The molecular weight excluding hydrogens is 238 g/mol. The molecule has 0 spiro atoms. The van der Waals surface area contributed by atoms with E-state index in [1.807, 2.05) is 19.1 Å². The Bertz CT molecular complexity index is 421. The minimum atomic E-state index is 0.360. The van der Waals surface area contributed by atoms with E-state index >= 15 is 0 Å². The number of nitrogens with two attached hydrogens (primary N) is 2. The summed E-state index contributed by atoms with van der Waals surface area (Å²) < 4.78 is 10.5. The summed E-state index contributed by atoms with van der Waals surface area (Å²) in [7, 11) is 3.23. The Kier molecular flexibility index (Phi) is 4.96. The maximum absolute atomic E-state index is 5.53. The van der Waals surface area contributed by atoms with Crippen LogP contribution >= 0.6 is 11.8 Å². The molecule has 0 atom stereocenters. The van der Waals surface area contributed by atoms with E-state index in [-0.39, 0.29) is 0 Å². The molecular formula is C11H17N3O2S. The van der Waals surface area contributed by atoms with Crippen LogP contribution in [0.4, 0.5) is 0 Å². The number of aryl methyl sites for hydroxylation is 1. The normalized spacial score (nSPS) is 11.4. The van der Waals surface area contributed by atoms with Crippen LogP contribution in [0.3, 0.4) is 0 Å². The molecule has 0 fully saturated rings. The Hall–Kier alpha value is -1.56. The van der Waals surface area contributed by atoms with Gasteiger partial charge >= 0.3 is 0 Å². The van der Waals surface area contributed by atoms with Crippen molar-refractivity contribution in [2.45, 2.75) is 12.7 Å². The standard InChI is InChI=1S/C11H17N3O2S/c1-7-4-9(15-2)10(16-3)5-8(7)6-17-11(12)14-13/h4-5H,6,13H2,1-3H3,(H2,12,14). The molecule has 17 heavy (non-hydrogen) atoms. The molecule has 1 rings (SSSR count). The first-order valence-corrected chi connectivity index (χ1v) is 5.98. The Morgan fingerprint density at radius 1 is 1.29 bits per heavy atom. The molecule has 0 amide bonds. The number of hydrazone groups is 1. The maximum atomic E-state index is 5.53. The van der Waals surface area contributed by atoms with E-state index in [2.05, 4.69) is 5.10 Å². The van der Waals surface area contributed by atoms with Gasteiger partial charge in [-0.15, -0.1) is 0 Å². The van der Waals surface area contributed by atoms with Gasteiger partial charge in [0.05, 0.1) is 14.2 Å². The lowest BCUT2D eigenvalue weighted by molar-refractivity contribution is 0.354. The predicted octanol–water partition coefficient (Wildman–Crippen LogP) is 1.43. The molecule has 1 aromatic carbocycles. The fraction of sp³-hybridized carbons (Fsp3) is 0.364. The summed E-state index contributed by atoms with van der Waals surface area (Å²) in [5, 5.41) is 3.77. The lowest BCUT2D eigenvalue weighted by Gasteiger charge is -2.12. The van der Waals surface area contributed by atoms with Crippen molar-refractivity contribution < 1.29 is 9.47 Å². The lowest BCUT2D eigenvalue weighted by Crippen LogP contribution is -2.09. The summed E-state index contributed by atoms with van der Waals surface area (Å²) in [6.07, 6.45) is 0. The van der Waals surface area contributed by atoms with Gasteiger partial charge in [0, 0.05) is 5.75 Å². The third-order valence-corrected chi connectivity index (χ3v) is 3.20. The molecule has 0 bridgehead atoms. The second-order valence-electron chi connectivity index (χ2n) is 3.39. The number of hydrogen-bond donors (Lipinski definition) is 2. The summed E-state index contributed by atoms with van der Waals surface area (Å²) in [4.78, 5) is 0. The molecule has 0 radical (unpaired) electrons. The number of ether oxygens (including phenoxy) is 2. The Morgan fingerprint density at radius 3 is 2.41 bits per heavy atom.